The van der Waals surface area contributed by atoms with Crippen molar-refractivity contribution in [2.45, 2.75) is 4.90 Å². The summed E-state index contributed by atoms with van der Waals surface area (Å²) in [5.74, 6) is -1.21. The normalized spacial score (nSPS) is 15.1. The van der Waals surface area contributed by atoms with Crippen molar-refractivity contribution in [2.24, 2.45) is 0 Å². The van der Waals surface area contributed by atoms with Gasteiger partial charge in [0, 0.05) is 24.7 Å². The van der Waals surface area contributed by atoms with Crippen LogP contribution in [-0.2, 0) is 14.8 Å². The lowest BCUT2D eigenvalue weighted by molar-refractivity contribution is -0.384. The van der Waals surface area contributed by atoms with Gasteiger partial charge in [0.05, 0.1) is 21.7 Å². The molecule has 0 unspecified atom stereocenters. The van der Waals surface area contributed by atoms with Crippen molar-refractivity contribution in [2.75, 3.05) is 7.05 Å². The second kappa shape index (κ2) is 7.74. The standard InChI is InChI=1S/C20H15N5O6S/c1-23-19(20(27)16-7-2-3-8-18(16)32(23,30)31)17(26)10-9-13-12-24(22-21-13)14-5-4-6-15(11-14)25(28)29/h2-12,27H,1H3/b10-9+. The van der Waals surface area contributed by atoms with Crippen LogP contribution in [-0.4, -0.2) is 50.6 Å². The Kier molecular flexibility index (Phi) is 5.06. The molecule has 3 aromatic rings. The molecule has 0 bridgehead atoms. The van der Waals surface area contributed by atoms with Crippen LogP contribution in [0, 0.1) is 10.1 Å². The zero-order valence-electron chi connectivity index (χ0n) is 16.5. The highest BCUT2D eigenvalue weighted by atomic mass is 32.2. The quantitative estimate of drug-likeness (QED) is 0.351. The molecule has 0 saturated carbocycles. The van der Waals surface area contributed by atoms with Crippen LogP contribution in [0.1, 0.15) is 11.3 Å². The number of carbonyl (C=O) groups excluding carboxylic acids is 1. The molecule has 1 aliphatic rings. The van der Waals surface area contributed by atoms with E-state index in [4.69, 9.17) is 0 Å². The molecule has 0 amide bonds. The molecule has 162 valence electrons. The molecule has 1 N–H and O–H groups in total. The summed E-state index contributed by atoms with van der Waals surface area (Å²) in [6.45, 7) is 0. The van der Waals surface area contributed by atoms with E-state index in [0.29, 0.717) is 5.69 Å². The summed E-state index contributed by atoms with van der Waals surface area (Å²) in [7, 11) is -2.82. The Balaban J connectivity index is 1.63. The van der Waals surface area contributed by atoms with E-state index in [0.717, 1.165) is 10.4 Å². The molecule has 0 saturated heterocycles. The number of nitro groups is 1. The predicted octanol–water partition coefficient (Wildman–Crippen LogP) is 2.32. The van der Waals surface area contributed by atoms with Gasteiger partial charge in [-0.3, -0.25) is 19.2 Å². The Morgan fingerprint density at radius 1 is 1.19 bits per heavy atom. The SMILES string of the molecule is CN1C(C(=O)/C=C/c2cn(-c3cccc([N+](=O)[O-])c3)nn2)=C(O)c2ccccc2S1(=O)=O. The molecule has 1 aliphatic heterocycles. The van der Waals surface area contributed by atoms with E-state index in [1.165, 1.54) is 60.4 Å². The van der Waals surface area contributed by atoms with E-state index in [9.17, 15) is 28.4 Å². The first-order valence-electron chi connectivity index (χ1n) is 9.11. The molecule has 0 spiro atoms. The number of aliphatic hydroxyl groups is 1. The highest BCUT2D eigenvalue weighted by Crippen LogP contribution is 2.34. The van der Waals surface area contributed by atoms with Gasteiger partial charge >= 0.3 is 0 Å². The summed E-state index contributed by atoms with van der Waals surface area (Å²) < 4.78 is 27.4. The number of non-ortho nitro benzene ring substituents is 1. The number of rotatable bonds is 5. The van der Waals surface area contributed by atoms with Gasteiger partial charge < -0.3 is 5.11 Å². The number of sulfonamides is 1. The number of benzene rings is 2. The van der Waals surface area contributed by atoms with Crippen LogP contribution in [0.5, 0.6) is 0 Å². The van der Waals surface area contributed by atoms with Gasteiger partial charge in [-0.2, -0.15) is 0 Å². The smallest absolute Gasteiger partial charge is 0.271 e. The Labute approximate surface area is 181 Å². The molecule has 1 aromatic heterocycles. The minimum Gasteiger partial charge on any atom is -0.505 e. The maximum atomic E-state index is 12.7. The number of carbonyl (C=O) groups is 1. The van der Waals surface area contributed by atoms with Crippen molar-refractivity contribution in [3.8, 4) is 5.69 Å². The summed E-state index contributed by atoms with van der Waals surface area (Å²) in [5, 5.41) is 29.2. The average Bonchev–Trinajstić information content (AvgIpc) is 3.26. The number of nitrogens with zero attached hydrogens (tertiary/aromatic N) is 5. The predicted molar refractivity (Wildman–Crippen MR) is 113 cm³/mol. The van der Waals surface area contributed by atoms with Gasteiger partial charge in [-0.05, 0) is 30.4 Å². The molecule has 0 radical (unpaired) electrons. The van der Waals surface area contributed by atoms with Crippen LogP contribution in [0.3, 0.4) is 0 Å². The van der Waals surface area contributed by atoms with E-state index in [2.05, 4.69) is 10.3 Å². The molecule has 0 fully saturated rings. The molecular weight excluding hydrogens is 438 g/mol. The number of likely N-dealkylation sites (N-methyl/N-ethyl adjacent to an activating group) is 1. The minimum absolute atomic E-state index is 0.0407. The van der Waals surface area contributed by atoms with Gasteiger partial charge in [0.15, 0.2) is 5.76 Å². The fraction of sp³-hybridized carbons (Fsp3) is 0.0500. The van der Waals surface area contributed by atoms with Gasteiger partial charge in [0.2, 0.25) is 5.78 Å². The number of aromatic nitrogens is 3. The monoisotopic (exact) mass is 453 g/mol. The topological polar surface area (TPSA) is 149 Å². The van der Waals surface area contributed by atoms with Crippen LogP contribution in [0.2, 0.25) is 0 Å². The van der Waals surface area contributed by atoms with Crippen LogP contribution >= 0.6 is 0 Å². The summed E-state index contributed by atoms with van der Waals surface area (Å²) in [4.78, 5) is 23.0. The molecule has 0 aliphatic carbocycles. The number of hydrogen-bond donors (Lipinski definition) is 1. The number of fused-ring (bicyclic) bond motifs is 1. The van der Waals surface area contributed by atoms with Crippen molar-refractivity contribution in [3.05, 3.63) is 87.9 Å². The first-order chi connectivity index (χ1) is 15.2. The lowest BCUT2D eigenvalue weighted by Crippen LogP contribution is -2.34. The summed E-state index contributed by atoms with van der Waals surface area (Å²) in [5.41, 5.74) is 0.166. The lowest BCUT2D eigenvalue weighted by atomic mass is 10.1. The van der Waals surface area contributed by atoms with Crippen molar-refractivity contribution in [3.63, 3.8) is 0 Å². The third-order valence-electron chi connectivity index (χ3n) is 4.77. The van der Waals surface area contributed by atoms with Crippen molar-refractivity contribution >= 4 is 33.3 Å². The highest BCUT2D eigenvalue weighted by molar-refractivity contribution is 7.89. The van der Waals surface area contributed by atoms with Crippen molar-refractivity contribution in [1.82, 2.24) is 19.3 Å². The van der Waals surface area contributed by atoms with Gasteiger partial charge in [-0.1, -0.05) is 23.4 Å². The van der Waals surface area contributed by atoms with Gasteiger partial charge in [0.1, 0.15) is 11.4 Å². The largest absolute Gasteiger partial charge is 0.505 e. The number of ketones is 1. The van der Waals surface area contributed by atoms with Gasteiger partial charge in [0.25, 0.3) is 15.7 Å². The zero-order valence-corrected chi connectivity index (χ0v) is 17.3. The van der Waals surface area contributed by atoms with Gasteiger partial charge in [-0.25, -0.2) is 13.1 Å². The summed E-state index contributed by atoms with van der Waals surface area (Å²) in [6, 6.07) is 11.6. The maximum absolute atomic E-state index is 12.7. The molecule has 2 heterocycles. The number of aliphatic hydroxyl groups excluding tert-OH is 1. The fourth-order valence-electron chi connectivity index (χ4n) is 3.17. The molecule has 11 nitrogen and oxygen atoms in total. The lowest BCUT2D eigenvalue weighted by Gasteiger charge is -2.27. The van der Waals surface area contributed by atoms with Crippen LogP contribution in [0.4, 0.5) is 5.69 Å². The Morgan fingerprint density at radius 2 is 1.94 bits per heavy atom. The molecular formula is C20H15N5O6S. The fourth-order valence-corrected chi connectivity index (χ4v) is 4.58. The molecule has 12 heteroatoms. The first kappa shape index (κ1) is 20.9. The molecule has 4 rings (SSSR count). The third-order valence-corrected chi connectivity index (χ3v) is 6.59. The number of allylic oxidation sites excluding steroid dienone is 1. The Bertz CT molecular complexity index is 1420. The van der Waals surface area contributed by atoms with Crippen LogP contribution in [0.25, 0.3) is 17.5 Å². The van der Waals surface area contributed by atoms with Crippen LogP contribution in [0.15, 0.2) is 71.4 Å². The second-order valence-corrected chi connectivity index (χ2v) is 8.67. The number of hydrogen-bond acceptors (Lipinski definition) is 8. The van der Waals surface area contributed by atoms with E-state index in [1.54, 1.807) is 12.1 Å². The van der Waals surface area contributed by atoms with Crippen molar-refractivity contribution in [1.29, 1.82) is 0 Å². The Hall–Kier alpha value is -4.32. The Morgan fingerprint density at radius 3 is 2.69 bits per heavy atom. The third kappa shape index (κ3) is 3.52. The summed E-state index contributed by atoms with van der Waals surface area (Å²) >= 11 is 0. The van der Waals surface area contributed by atoms with E-state index >= 15 is 0 Å². The van der Waals surface area contributed by atoms with E-state index < -0.39 is 32.2 Å². The second-order valence-electron chi connectivity index (χ2n) is 6.73. The highest BCUT2D eigenvalue weighted by Gasteiger charge is 2.36. The minimum atomic E-state index is -4.00. The maximum Gasteiger partial charge on any atom is 0.271 e. The number of nitro benzene ring substituents is 1. The average molecular weight is 453 g/mol. The van der Waals surface area contributed by atoms with Gasteiger partial charge in [-0.15, -0.1) is 5.10 Å². The molecule has 0 atom stereocenters. The zero-order chi connectivity index (χ0) is 23.0. The van der Waals surface area contributed by atoms with E-state index in [1.807, 2.05) is 0 Å². The van der Waals surface area contributed by atoms with Crippen LogP contribution < -0.4 is 0 Å². The van der Waals surface area contributed by atoms with E-state index in [-0.39, 0.29) is 21.8 Å². The first-order valence-corrected chi connectivity index (χ1v) is 10.6. The molecule has 32 heavy (non-hydrogen) atoms. The summed E-state index contributed by atoms with van der Waals surface area (Å²) in [6.07, 6.45) is 3.80. The van der Waals surface area contributed by atoms with Crippen molar-refractivity contribution < 1.29 is 23.2 Å². The molecule has 2 aromatic carbocycles.